The number of amides is 1. The molecule has 0 aliphatic heterocycles. The molecule has 31 heavy (non-hydrogen) atoms. The molecule has 7 heteroatoms. The lowest BCUT2D eigenvalue weighted by atomic mass is 10.1. The Morgan fingerprint density at radius 1 is 1.06 bits per heavy atom. The standard InChI is InChI=1S/C24H23N3O2S2/c1-14-8-9-19(17(4)12-14)27-23(29)22-18(10-11-30-22)25-24(27)31-13-20(28)26-21-15(2)6-5-7-16(21)3/h5-12H,13H2,1-4H3,(H,26,28). The monoisotopic (exact) mass is 449 g/mol. The van der Waals surface area contributed by atoms with Crippen LogP contribution in [0.15, 0.2) is 57.8 Å². The van der Waals surface area contributed by atoms with Crippen molar-refractivity contribution >= 4 is 44.9 Å². The largest absolute Gasteiger partial charge is 0.325 e. The summed E-state index contributed by atoms with van der Waals surface area (Å²) < 4.78 is 2.24. The average Bonchev–Trinajstić information content (AvgIpc) is 3.19. The van der Waals surface area contributed by atoms with Gasteiger partial charge < -0.3 is 5.32 Å². The molecule has 1 N–H and O–H groups in total. The lowest BCUT2D eigenvalue weighted by molar-refractivity contribution is -0.113. The van der Waals surface area contributed by atoms with E-state index in [0.717, 1.165) is 33.6 Å². The third-order valence-electron chi connectivity index (χ3n) is 5.12. The van der Waals surface area contributed by atoms with Gasteiger partial charge in [0.05, 0.1) is 17.0 Å². The van der Waals surface area contributed by atoms with E-state index in [1.165, 1.54) is 23.1 Å². The predicted molar refractivity (Wildman–Crippen MR) is 130 cm³/mol. The van der Waals surface area contributed by atoms with Gasteiger partial charge in [0, 0.05) is 5.69 Å². The molecule has 0 unspecified atom stereocenters. The first kappa shape index (κ1) is 21.3. The Hall–Kier alpha value is -2.90. The Labute approximate surface area is 189 Å². The number of hydrogen-bond acceptors (Lipinski definition) is 5. The van der Waals surface area contributed by atoms with Crippen molar-refractivity contribution in [2.24, 2.45) is 0 Å². The SMILES string of the molecule is Cc1ccc(-n2c(SCC(=O)Nc3c(C)cccc3C)nc3ccsc3c2=O)c(C)c1. The zero-order chi connectivity index (χ0) is 22.1. The van der Waals surface area contributed by atoms with Crippen LogP contribution in [0, 0.1) is 27.7 Å². The number of para-hydroxylation sites is 1. The summed E-state index contributed by atoms with van der Waals surface area (Å²) in [5, 5.41) is 5.38. The van der Waals surface area contributed by atoms with Gasteiger partial charge in [-0.1, -0.05) is 47.7 Å². The minimum absolute atomic E-state index is 0.107. The van der Waals surface area contributed by atoms with Crippen LogP contribution < -0.4 is 10.9 Å². The van der Waals surface area contributed by atoms with Gasteiger partial charge in [-0.25, -0.2) is 4.98 Å². The van der Waals surface area contributed by atoms with Crippen LogP contribution in [-0.4, -0.2) is 21.2 Å². The Morgan fingerprint density at radius 3 is 2.52 bits per heavy atom. The molecule has 5 nitrogen and oxygen atoms in total. The maximum absolute atomic E-state index is 13.3. The molecule has 0 aliphatic rings. The van der Waals surface area contributed by atoms with Crippen molar-refractivity contribution in [1.29, 1.82) is 0 Å². The third-order valence-corrected chi connectivity index (χ3v) is 6.95. The highest BCUT2D eigenvalue weighted by Gasteiger charge is 2.17. The number of anilines is 1. The minimum Gasteiger partial charge on any atom is -0.325 e. The second kappa shape index (κ2) is 8.69. The highest BCUT2D eigenvalue weighted by Crippen LogP contribution is 2.26. The zero-order valence-electron chi connectivity index (χ0n) is 17.9. The average molecular weight is 450 g/mol. The van der Waals surface area contributed by atoms with Gasteiger partial charge in [-0.3, -0.25) is 14.2 Å². The number of hydrogen-bond donors (Lipinski definition) is 1. The normalized spacial score (nSPS) is 11.1. The Balaban J connectivity index is 1.68. The van der Waals surface area contributed by atoms with Crippen molar-refractivity contribution in [2.45, 2.75) is 32.9 Å². The number of benzene rings is 2. The lowest BCUT2D eigenvalue weighted by Crippen LogP contribution is -2.23. The molecule has 2 heterocycles. The molecule has 0 saturated carbocycles. The lowest BCUT2D eigenvalue weighted by Gasteiger charge is -2.15. The van der Waals surface area contributed by atoms with Crippen LogP contribution in [0.4, 0.5) is 5.69 Å². The summed E-state index contributed by atoms with van der Waals surface area (Å²) in [5.41, 5.74) is 6.32. The van der Waals surface area contributed by atoms with E-state index in [9.17, 15) is 9.59 Å². The zero-order valence-corrected chi connectivity index (χ0v) is 19.5. The van der Waals surface area contributed by atoms with Crippen LogP contribution in [0.5, 0.6) is 0 Å². The van der Waals surface area contributed by atoms with Gasteiger partial charge in [0.1, 0.15) is 4.70 Å². The van der Waals surface area contributed by atoms with Crippen LogP contribution in [0.2, 0.25) is 0 Å². The maximum Gasteiger partial charge on any atom is 0.276 e. The van der Waals surface area contributed by atoms with E-state index < -0.39 is 0 Å². The number of thioether (sulfide) groups is 1. The molecule has 0 radical (unpaired) electrons. The van der Waals surface area contributed by atoms with E-state index in [0.29, 0.717) is 15.4 Å². The second-order valence-electron chi connectivity index (χ2n) is 7.56. The Kier molecular flexibility index (Phi) is 5.98. The fourth-order valence-electron chi connectivity index (χ4n) is 3.57. The van der Waals surface area contributed by atoms with Crippen LogP contribution in [-0.2, 0) is 4.79 Å². The van der Waals surface area contributed by atoms with Gasteiger partial charge in [-0.05, 0) is 61.9 Å². The first-order valence-electron chi connectivity index (χ1n) is 9.92. The van der Waals surface area contributed by atoms with E-state index in [1.807, 2.05) is 75.5 Å². The number of aromatic nitrogens is 2. The quantitative estimate of drug-likeness (QED) is 0.327. The summed E-state index contributed by atoms with van der Waals surface area (Å²) in [6.07, 6.45) is 0. The first-order chi connectivity index (χ1) is 14.8. The summed E-state index contributed by atoms with van der Waals surface area (Å²) in [6, 6.07) is 13.7. The van der Waals surface area contributed by atoms with Crippen molar-refractivity contribution in [2.75, 3.05) is 11.1 Å². The van der Waals surface area contributed by atoms with Gasteiger partial charge in [0.2, 0.25) is 5.91 Å². The number of rotatable bonds is 5. The third kappa shape index (κ3) is 4.29. The summed E-state index contributed by atoms with van der Waals surface area (Å²) in [7, 11) is 0. The van der Waals surface area contributed by atoms with E-state index in [-0.39, 0.29) is 17.2 Å². The van der Waals surface area contributed by atoms with E-state index in [4.69, 9.17) is 4.98 Å². The Morgan fingerprint density at radius 2 is 1.81 bits per heavy atom. The molecule has 0 atom stereocenters. The predicted octanol–water partition coefficient (Wildman–Crippen LogP) is 5.41. The number of aryl methyl sites for hydroxylation is 4. The van der Waals surface area contributed by atoms with Gasteiger partial charge in [-0.15, -0.1) is 11.3 Å². The van der Waals surface area contributed by atoms with E-state index in [2.05, 4.69) is 5.32 Å². The number of thiophene rings is 1. The molecule has 2 aromatic heterocycles. The molecule has 0 bridgehead atoms. The molecular weight excluding hydrogens is 426 g/mol. The number of carbonyl (C=O) groups is 1. The van der Waals surface area contributed by atoms with Crippen LogP contribution in [0.25, 0.3) is 15.9 Å². The van der Waals surface area contributed by atoms with Crippen molar-refractivity contribution in [3.05, 3.63) is 80.5 Å². The smallest absolute Gasteiger partial charge is 0.276 e. The van der Waals surface area contributed by atoms with Gasteiger partial charge in [0.25, 0.3) is 5.56 Å². The highest BCUT2D eigenvalue weighted by molar-refractivity contribution is 7.99. The topological polar surface area (TPSA) is 64.0 Å². The molecule has 158 valence electrons. The molecule has 4 rings (SSSR count). The van der Waals surface area contributed by atoms with Crippen molar-refractivity contribution in [3.63, 3.8) is 0 Å². The molecule has 0 spiro atoms. The van der Waals surface area contributed by atoms with Gasteiger partial charge in [-0.2, -0.15) is 0 Å². The maximum atomic E-state index is 13.3. The minimum atomic E-state index is -0.130. The van der Waals surface area contributed by atoms with Gasteiger partial charge in [0.15, 0.2) is 5.16 Å². The molecular formula is C24H23N3O2S2. The summed E-state index contributed by atoms with van der Waals surface area (Å²) in [5.74, 6) is 0.0232. The fourth-order valence-corrected chi connectivity index (χ4v) is 5.14. The first-order valence-corrected chi connectivity index (χ1v) is 11.8. The molecule has 0 saturated heterocycles. The number of carbonyl (C=O) groups excluding carboxylic acids is 1. The number of nitrogens with zero attached hydrogens (tertiary/aromatic N) is 2. The van der Waals surface area contributed by atoms with Crippen LogP contribution in [0.3, 0.4) is 0 Å². The molecule has 1 amide bonds. The number of fused-ring (bicyclic) bond motifs is 1. The molecule has 4 aromatic rings. The summed E-state index contributed by atoms with van der Waals surface area (Å²) in [6.45, 7) is 7.95. The van der Waals surface area contributed by atoms with Crippen molar-refractivity contribution < 1.29 is 4.79 Å². The summed E-state index contributed by atoms with van der Waals surface area (Å²) >= 11 is 2.66. The second-order valence-corrected chi connectivity index (χ2v) is 9.42. The fraction of sp³-hybridized carbons (Fsp3) is 0.208. The van der Waals surface area contributed by atoms with Crippen LogP contribution in [0.1, 0.15) is 22.3 Å². The Bertz CT molecular complexity index is 1330. The summed E-state index contributed by atoms with van der Waals surface area (Å²) in [4.78, 5) is 30.7. The number of nitrogens with one attached hydrogen (secondary N) is 1. The van der Waals surface area contributed by atoms with E-state index >= 15 is 0 Å². The molecule has 0 aliphatic carbocycles. The van der Waals surface area contributed by atoms with E-state index in [1.54, 1.807) is 4.57 Å². The highest BCUT2D eigenvalue weighted by atomic mass is 32.2. The van der Waals surface area contributed by atoms with Crippen molar-refractivity contribution in [3.8, 4) is 5.69 Å². The molecule has 2 aromatic carbocycles. The van der Waals surface area contributed by atoms with Crippen molar-refractivity contribution in [1.82, 2.24) is 9.55 Å². The van der Waals surface area contributed by atoms with Crippen LogP contribution >= 0.6 is 23.1 Å². The molecule has 0 fully saturated rings. The van der Waals surface area contributed by atoms with Gasteiger partial charge >= 0.3 is 0 Å².